The third kappa shape index (κ3) is 4.62. The van der Waals surface area contributed by atoms with E-state index in [4.69, 9.17) is 0 Å². The van der Waals surface area contributed by atoms with E-state index in [2.05, 4.69) is 58.9 Å². The molecule has 0 amide bonds. The van der Waals surface area contributed by atoms with Crippen LogP contribution in [0.3, 0.4) is 0 Å². The first-order valence-corrected chi connectivity index (χ1v) is 7.17. The highest BCUT2D eigenvalue weighted by Crippen LogP contribution is 2.19. The van der Waals surface area contributed by atoms with Gasteiger partial charge in [0, 0.05) is 18.0 Å². The highest BCUT2D eigenvalue weighted by molar-refractivity contribution is 9.10. The van der Waals surface area contributed by atoms with E-state index < -0.39 is 0 Å². The van der Waals surface area contributed by atoms with Crippen LogP contribution in [0.5, 0.6) is 0 Å². The lowest BCUT2D eigenvalue weighted by molar-refractivity contribution is 0.618. The van der Waals surface area contributed by atoms with Crippen molar-refractivity contribution in [2.45, 2.75) is 58.9 Å². The maximum Gasteiger partial charge on any atom is 0.134 e. The summed E-state index contributed by atoms with van der Waals surface area (Å²) in [5.74, 6) is 2.16. The Balaban J connectivity index is 2.82. The second-order valence-corrected chi connectivity index (χ2v) is 5.44. The Labute approximate surface area is 113 Å². The topological polar surface area (TPSA) is 37.8 Å². The van der Waals surface area contributed by atoms with Crippen molar-refractivity contribution in [2.24, 2.45) is 0 Å². The molecule has 0 aromatic carbocycles. The van der Waals surface area contributed by atoms with Crippen LogP contribution < -0.4 is 5.32 Å². The number of anilines is 1. The van der Waals surface area contributed by atoms with Crippen molar-refractivity contribution in [3.05, 3.63) is 16.5 Å². The molecule has 0 aliphatic carbocycles. The summed E-state index contributed by atoms with van der Waals surface area (Å²) in [6, 6.07) is 2.45. The van der Waals surface area contributed by atoms with Crippen LogP contribution in [0, 0.1) is 0 Å². The van der Waals surface area contributed by atoms with Gasteiger partial charge in [-0.05, 0) is 28.8 Å². The van der Waals surface area contributed by atoms with Gasteiger partial charge in [0.1, 0.15) is 16.2 Å². The van der Waals surface area contributed by atoms with Crippen LogP contribution in [0.4, 0.5) is 5.82 Å². The van der Waals surface area contributed by atoms with E-state index in [1.807, 2.05) is 6.07 Å². The summed E-state index contributed by atoms with van der Waals surface area (Å²) in [5, 5.41) is 3.48. The predicted molar refractivity (Wildman–Crippen MR) is 76.4 cm³/mol. The minimum absolute atomic E-state index is 0.347. The molecule has 1 rings (SSSR count). The molecule has 1 aromatic heterocycles. The van der Waals surface area contributed by atoms with Gasteiger partial charge >= 0.3 is 0 Å². The SMILES string of the molecule is CCCC(CC)Nc1cc(Br)nc(C(C)C)n1. The lowest BCUT2D eigenvalue weighted by Gasteiger charge is -2.17. The fraction of sp³-hybridized carbons (Fsp3) is 0.692. The highest BCUT2D eigenvalue weighted by atomic mass is 79.9. The molecule has 0 aliphatic rings. The maximum absolute atomic E-state index is 4.55. The van der Waals surface area contributed by atoms with Gasteiger partial charge < -0.3 is 5.32 Å². The van der Waals surface area contributed by atoms with Crippen molar-refractivity contribution in [2.75, 3.05) is 5.32 Å². The third-order valence-electron chi connectivity index (χ3n) is 2.71. The Morgan fingerprint density at radius 2 is 2.00 bits per heavy atom. The monoisotopic (exact) mass is 299 g/mol. The molecule has 1 N–H and O–H groups in total. The predicted octanol–water partition coefficient (Wildman–Crippen LogP) is 4.35. The first-order chi connectivity index (χ1) is 8.06. The number of hydrogen-bond acceptors (Lipinski definition) is 3. The van der Waals surface area contributed by atoms with E-state index in [0.717, 1.165) is 22.7 Å². The minimum Gasteiger partial charge on any atom is -0.367 e. The fourth-order valence-corrected chi connectivity index (χ4v) is 2.10. The van der Waals surface area contributed by atoms with Gasteiger partial charge in [-0.3, -0.25) is 0 Å². The molecular weight excluding hydrogens is 278 g/mol. The minimum atomic E-state index is 0.347. The zero-order valence-corrected chi connectivity index (χ0v) is 12.7. The lowest BCUT2D eigenvalue weighted by Crippen LogP contribution is -2.19. The molecule has 96 valence electrons. The van der Waals surface area contributed by atoms with Crippen LogP contribution in [-0.4, -0.2) is 16.0 Å². The van der Waals surface area contributed by atoms with Crippen LogP contribution in [0.25, 0.3) is 0 Å². The van der Waals surface area contributed by atoms with Gasteiger partial charge in [0.2, 0.25) is 0 Å². The molecule has 0 bridgehead atoms. The fourth-order valence-electron chi connectivity index (χ4n) is 1.70. The van der Waals surface area contributed by atoms with E-state index in [9.17, 15) is 0 Å². The Bertz CT molecular complexity index is 353. The highest BCUT2D eigenvalue weighted by Gasteiger charge is 2.10. The van der Waals surface area contributed by atoms with Crippen molar-refractivity contribution in [1.82, 2.24) is 9.97 Å². The van der Waals surface area contributed by atoms with E-state index >= 15 is 0 Å². The summed E-state index contributed by atoms with van der Waals surface area (Å²) < 4.78 is 0.852. The number of rotatable bonds is 6. The molecule has 4 heteroatoms. The van der Waals surface area contributed by atoms with E-state index in [-0.39, 0.29) is 0 Å². The van der Waals surface area contributed by atoms with Crippen molar-refractivity contribution in [1.29, 1.82) is 0 Å². The van der Waals surface area contributed by atoms with E-state index in [0.29, 0.717) is 12.0 Å². The number of nitrogens with zero attached hydrogens (tertiary/aromatic N) is 2. The van der Waals surface area contributed by atoms with Crippen LogP contribution >= 0.6 is 15.9 Å². The van der Waals surface area contributed by atoms with E-state index in [1.54, 1.807) is 0 Å². The van der Waals surface area contributed by atoms with Gasteiger partial charge in [-0.15, -0.1) is 0 Å². The quantitative estimate of drug-likeness (QED) is 0.794. The van der Waals surface area contributed by atoms with Gasteiger partial charge in [0.25, 0.3) is 0 Å². The molecule has 1 aromatic rings. The number of halogens is 1. The third-order valence-corrected chi connectivity index (χ3v) is 3.12. The molecule has 0 saturated heterocycles. The first kappa shape index (κ1) is 14.4. The summed E-state index contributed by atoms with van der Waals surface area (Å²) in [7, 11) is 0. The summed E-state index contributed by atoms with van der Waals surface area (Å²) in [5.41, 5.74) is 0. The second kappa shape index (κ2) is 6.94. The van der Waals surface area contributed by atoms with Crippen LogP contribution in [0.15, 0.2) is 10.7 Å². The molecule has 0 spiro atoms. The van der Waals surface area contributed by atoms with Crippen molar-refractivity contribution in [3.63, 3.8) is 0 Å². The maximum atomic E-state index is 4.55. The average molecular weight is 300 g/mol. The Hall–Kier alpha value is -0.640. The molecule has 0 radical (unpaired) electrons. The lowest BCUT2D eigenvalue weighted by atomic mass is 10.1. The zero-order chi connectivity index (χ0) is 12.8. The average Bonchev–Trinajstić information content (AvgIpc) is 2.27. The Kier molecular flexibility index (Phi) is 5.89. The molecule has 1 unspecified atom stereocenters. The summed E-state index contributed by atoms with van der Waals surface area (Å²) in [6.45, 7) is 8.62. The second-order valence-electron chi connectivity index (χ2n) is 4.63. The van der Waals surface area contributed by atoms with Crippen molar-refractivity contribution in [3.8, 4) is 0 Å². The molecule has 17 heavy (non-hydrogen) atoms. The number of nitrogens with one attached hydrogen (secondary N) is 1. The van der Waals surface area contributed by atoms with Gasteiger partial charge in [0.05, 0.1) is 0 Å². The smallest absolute Gasteiger partial charge is 0.134 e. The molecular formula is C13H22BrN3. The molecule has 0 saturated carbocycles. The summed E-state index contributed by atoms with van der Waals surface area (Å²) in [6.07, 6.45) is 3.48. The zero-order valence-electron chi connectivity index (χ0n) is 11.1. The Morgan fingerprint density at radius 3 is 2.53 bits per heavy atom. The first-order valence-electron chi connectivity index (χ1n) is 6.37. The number of aromatic nitrogens is 2. The normalized spacial score (nSPS) is 12.8. The molecule has 0 fully saturated rings. The summed E-state index contributed by atoms with van der Waals surface area (Å²) in [4.78, 5) is 8.93. The molecule has 0 aliphatic heterocycles. The van der Waals surface area contributed by atoms with Crippen LogP contribution in [0.1, 0.15) is 58.7 Å². The number of hydrogen-bond donors (Lipinski definition) is 1. The van der Waals surface area contributed by atoms with Crippen LogP contribution in [-0.2, 0) is 0 Å². The molecule has 1 atom stereocenters. The van der Waals surface area contributed by atoms with Crippen LogP contribution in [0.2, 0.25) is 0 Å². The molecule has 3 nitrogen and oxygen atoms in total. The van der Waals surface area contributed by atoms with Gasteiger partial charge in [-0.25, -0.2) is 9.97 Å². The van der Waals surface area contributed by atoms with Gasteiger partial charge in [0.15, 0.2) is 0 Å². The summed E-state index contributed by atoms with van der Waals surface area (Å²) >= 11 is 3.44. The van der Waals surface area contributed by atoms with Crippen molar-refractivity contribution < 1.29 is 0 Å². The Morgan fingerprint density at radius 1 is 1.29 bits per heavy atom. The molecule has 1 heterocycles. The van der Waals surface area contributed by atoms with E-state index in [1.165, 1.54) is 12.8 Å². The standard InChI is InChI=1S/C13H22BrN3/c1-5-7-10(6-2)15-12-8-11(14)16-13(17-12)9(3)4/h8-10H,5-7H2,1-4H3,(H,15,16,17). The van der Waals surface area contributed by atoms with Crippen molar-refractivity contribution >= 4 is 21.7 Å². The van der Waals surface area contributed by atoms with Gasteiger partial charge in [-0.2, -0.15) is 0 Å². The largest absolute Gasteiger partial charge is 0.367 e. The van der Waals surface area contributed by atoms with Gasteiger partial charge in [-0.1, -0.05) is 34.1 Å².